The lowest BCUT2D eigenvalue weighted by Crippen LogP contribution is -2.38. The zero-order valence-electron chi connectivity index (χ0n) is 15.2. The van der Waals surface area contributed by atoms with E-state index in [0.29, 0.717) is 23.5 Å². The number of rotatable bonds is 8. The molecule has 0 aliphatic carbocycles. The summed E-state index contributed by atoms with van der Waals surface area (Å²) in [4.78, 5) is 12.1. The monoisotopic (exact) mass is 373 g/mol. The highest BCUT2D eigenvalue weighted by molar-refractivity contribution is 5.92. The Balaban J connectivity index is 2.00. The third kappa shape index (κ3) is 5.65. The molecule has 1 amide bonds. The van der Waals surface area contributed by atoms with Gasteiger partial charge in [-0.2, -0.15) is 0 Å². The molecule has 27 heavy (non-hydrogen) atoms. The van der Waals surface area contributed by atoms with E-state index in [-0.39, 0.29) is 24.0 Å². The average molecular weight is 373 g/mol. The van der Waals surface area contributed by atoms with Gasteiger partial charge in [0.25, 0.3) is 0 Å². The topological polar surface area (TPSA) is 108 Å². The third-order valence-corrected chi connectivity index (χ3v) is 3.92. The van der Waals surface area contributed by atoms with Gasteiger partial charge in [-0.15, -0.1) is 0 Å². The second-order valence-electron chi connectivity index (χ2n) is 5.86. The van der Waals surface area contributed by atoms with E-state index in [1.165, 1.54) is 32.4 Å². The van der Waals surface area contributed by atoms with Crippen LogP contribution in [0.4, 0.5) is 0 Å². The Morgan fingerprint density at radius 2 is 1.70 bits per heavy atom. The second kappa shape index (κ2) is 9.49. The Hall–Kier alpha value is -3.19. The van der Waals surface area contributed by atoms with E-state index in [0.717, 1.165) is 5.56 Å². The molecule has 0 aromatic heterocycles. The van der Waals surface area contributed by atoms with Crippen LogP contribution in [0.15, 0.2) is 42.5 Å². The smallest absolute Gasteiger partial charge is 0.244 e. The molecule has 0 radical (unpaired) electrons. The van der Waals surface area contributed by atoms with Crippen LogP contribution < -0.4 is 14.8 Å². The second-order valence-corrected chi connectivity index (χ2v) is 5.86. The highest BCUT2D eigenvalue weighted by atomic mass is 16.5. The van der Waals surface area contributed by atoms with Crippen molar-refractivity contribution in [2.75, 3.05) is 20.8 Å². The molecule has 0 fully saturated rings. The molecule has 2 aromatic carbocycles. The third-order valence-electron chi connectivity index (χ3n) is 3.92. The number of carbonyl (C=O) groups excluding carboxylic acids is 1. The Labute approximate surface area is 157 Å². The van der Waals surface area contributed by atoms with Crippen molar-refractivity contribution in [3.05, 3.63) is 53.6 Å². The number of phenolic OH excluding ortho intramolecular Hbond substituents is 2. The van der Waals surface area contributed by atoms with Crippen molar-refractivity contribution in [2.45, 2.75) is 12.5 Å². The van der Waals surface area contributed by atoms with Crippen LogP contribution in [0, 0.1) is 0 Å². The van der Waals surface area contributed by atoms with E-state index >= 15 is 0 Å². The summed E-state index contributed by atoms with van der Waals surface area (Å²) >= 11 is 0. The summed E-state index contributed by atoms with van der Waals surface area (Å²) in [7, 11) is 2.90. The van der Waals surface area contributed by atoms with Gasteiger partial charge in [-0.05, 0) is 47.9 Å². The number of aromatic hydroxyl groups is 2. The van der Waals surface area contributed by atoms with Gasteiger partial charge in [0.05, 0.1) is 26.9 Å². The van der Waals surface area contributed by atoms with Crippen LogP contribution in [0.25, 0.3) is 6.08 Å². The summed E-state index contributed by atoms with van der Waals surface area (Å²) in [5.74, 6) is 0.317. The number of aliphatic hydroxyl groups excluding tert-OH is 1. The van der Waals surface area contributed by atoms with Gasteiger partial charge in [-0.3, -0.25) is 4.79 Å². The van der Waals surface area contributed by atoms with Crippen LogP contribution in [0.5, 0.6) is 23.0 Å². The van der Waals surface area contributed by atoms with E-state index in [4.69, 9.17) is 9.47 Å². The van der Waals surface area contributed by atoms with Crippen LogP contribution >= 0.6 is 0 Å². The zero-order chi connectivity index (χ0) is 19.8. The first-order valence-electron chi connectivity index (χ1n) is 8.29. The molecule has 2 aromatic rings. The molecular weight excluding hydrogens is 350 g/mol. The summed E-state index contributed by atoms with van der Waals surface area (Å²) in [6, 6.07) is 9.09. The minimum atomic E-state index is -0.495. The SMILES string of the molecule is COc1cc(/C=C/C(=O)N[C@@H](CO)Cc2ccc(O)c(OC)c2)ccc1O. The summed E-state index contributed by atoms with van der Waals surface area (Å²) in [5.41, 5.74) is 1.49. The van der Waals surface area contributed by atoms with Gasteiger partial charge < -0.3 is 30.1 Å². The zero-order valence-corrected chi connectivity index (χ0v) is 15.2. The molecule has 0 heterocycles. The Bertz CT molecular complexity index is 818. The molecule has 0 saturated carbocycles. The van der Waals surface area contributed by atoms with Crippen LogP contribution in [-0.4, -0.2) is 48.1 Å². The predicted octanol–water partition coefficient (Wildman–Crippen LogP) is 1.85. The molecule has 7 heteroatoms. The number of nitrogens with one attached hydrogen (secondary N) is 1. The molecule has 2 rings (SSSR count). The fourth-order valence-corrected chi connectivity index (χ4v) is 2.51. The maximum Gasteiger partial charge on any atom is 0.244 e. The molecule has 4 N–H and O–H groups in total. The van der Waals surface area contributed by atoms with Gasteiger partial charge in [-0.25, -0.2) is 0 Å². The molecule has 0 aliphatic rings. The van der Waals surface area contributed by atoms with Crippen LogP contribution in [0.2, 0.25) is 0 Å². The molecule has 0 unspecified atom stereocenters. The highest BCUT2D eigenvalue weighted by Crippen LogP contribution is 2.27. The lowest BCUT2D eigenvalue weighted by Gasteiger charge is -2.16. The molecule has 144 valence electrons. The van der Waals surface area contributed by atoms with E-state index < -0.39 is 6.04 Å². The summed E-state index contributed by atoms with van der Waals surface area (Å²) < 4.78 is 10.1. The maximum atomic E-state index is 12.1. The lowest BCUT2D eigenvalue weighted by molar-refractivity contribution is -0.117. The lowest BCUT2D eigenvalue weighted by atomic mass is 10.1. The van der Waals surface area contributed by atoms with Crippen molar-refractivity contribution in [1.82, 2.24) is 5.32 Å². The van der Waals surface area contributed by atoms with Crippen molar-refractivity contribution in [3.8, 4) is 23.0 Å². The van der Waals surface area contributed by atoms with Gasteiger partial charge in [0.15, 0.2) is 23.0 Å². The largest absolute Gasteiger partial charge is 0.504 e. The molecular formula is C20H23NO6. The van der Waals surface area contributed by atoms with E-state index in [2.05, 4.69) is 5.32 Å². The van der Waals surface area contributed by atoms with Crippen molar-refractivity contribution in [1.29, 1.82) is 0 Å². The first-order valence-corrected chi connectivity index (χ1v) is 8.29. The van der Waals surface area contributed by atoms with Crippen molar-refractivity contribution in [2.24, 2.45) is 0 Å². The molecule has 0 bridgehead atoms. The van der Waals surface area contributed by atoms with Crippen molar-refractivity contribution < 1.29 is 29.6 Å². The fourth-order valence-electron chi connectivity index (χ4n) is 2.51. The van der Waals surface area contributed by atoms with Crippen LogP contribution in [0.1, 0.15) is 11.1 Å². The van der Waals surface area contributed by atoms with Crippen LogP contribution in [-0.2, 0) is 11.2 Å². The van der Waals surface area contributed by atoms with E-state index in [1.807, 2.05) is 0 Å². The maximum absolute atomic E-state index is 12.1. The van der Waals surface area contributed by atoms with E-state index in [1.54, 1.807) is 30.3 Å². The standard InChI is InChI=1S/C20H23NO6/c1-26-18-10-13(3-6-16(18)23)5-8-20(25)21-15(12-22)9-14-4-7-17(24)19(11-14)27-2/h3-8,10-11,15,22-24H,9,12H2,1-2H3,(H,21,25)/b8-5+/t15-/m1/s1. The predicted molar refractivity (Wildman–Crippen MR) is 101 cm³/mol. The number of carbonyl (C=O) groups is 1. The molecule has 7 nitrogen and oxygen atoms in total. The van der Waals surface area contributed by atoms with Gasteiger partial charge in [0.2, 0.25) is 5.91 Å². The summed E-state index contributed by atoms with van der Waals surface area (Å²) in [5, 5.41) is 31.5. The first kappa shape index (κ1) is 20.1. The summed E-state index contributed by atoms with van der Waals surface area (Å²) in [6.07, 6.45) is 3.29. The molecule has 0 saturated heterocycles. The Kier molecular flexibility index (Phi) is 7.08. The number of aliphatic hydroxyl groups is 1. The summed E-state index contributed by atoms with van der Waals surface area (Å²) in [6.45, 7) is -0.240. The van der Waals surface area contributed by atoms with E-state index in [9.17, 15) is 20.1 Å². The number of phenols is 2. The number of hydrogen-bond donors (Lipinski definition) is 4. The minimum Gasteiger partial charge on any atom is -0.504 e. The van der Waals surface area contributed by atoms with Gasteiger partial charge >= 0.3 is 0 Å². The highest BCUT2D eigenvalue weighted by Gasteiger charge is 2.12. The average Bonchev–Trinajstić information content (AvgIpc) is 2.68. The number of methoxy groups -OCH3 is 2. The normalized spacial score (nSPS) is 12.0. The first-order chi connectivity index (χ1) is 13.0. The van der Waals surface area contributed by atoms with Crippen molar-refractivity contribution >= 4 is 12.0 Å². The number of ether oxygens (including phenoxy) is 2. The number of benzene rings is 2. The number of amides is 1. The van der Waals surface area contributed by atoms with Crippen LogP contribution in [0.3, 0.4) is 0 Å². The van der Waals surface area contributed by atoms with Crippen molar-refractivity contribution in [3.63, 3.8) is 0 Å². The number of hydrogen-bond acceptors (Lipinski definition) is 6. The molecule has 1 atom stereocenters. The fraction of sp³-hybridized carbons (Fsp3) is 0.250. The van der Waals surface area contributed by atoms with Gasteiger partial charge in [0, 0.05) is 6.08 Å². The van der Waals surface area contributed by atoms with Gasteiger partial charge in [0.1, 0.15) is 0 Å². The Morgan fingerprint density at radius 1 is 1.07 bits per heavy atom. The quantitative estimate of drug-likeness (QED) is 0.526. The molecule has 0 aliphatic heterocycles. The molecule has 0 spiro atoms. The Morgan fingerprint density at radius 3 is 2.33 bits per heavy atom. The minimum absolute atomic E-state index is 0.0174. The van der Waals surface area contributed by atoms with Gasteiger partial charge in [-0.1, -0.05) is 12.1 Å².